The zero-order valence-corrected chi connectivity index (χ0v) is 12.9. The van der Waals surface area contributed by atoms with Crippen molar-refractivity contribution in [1.82, 2.24) is 19.9 Å². The summed E-state index contributed by atoms with van der Waals surface area (Å²) in [5.41, 5.74) is 4.26. The molecule has 0 saturated heterocycles. The van der Waals surface area contributed by atoms with E-state index in [2.05, 4.69) is 19.9 Å². The van der Waals surface area contributed by atoms with E-state index in [1.807, 2.05) is 13.1 Å². The first-order chi connectivity index (χ1) is 10.6. The minimum absolute atomic E-state index is 0.122. The summed E-state index contributed by atoms with van der Waals surface area (Å²) in [5.74, 6) is 0.981. The van der Waals surface area contributed by atoms with Gasteiger partial charge in [-0.05, 0) is 13.8 Å². The molecule has 0 amide bonds. The number of aliphatic hydroxyl groups excluding tert-OH is 1. The topological polar surface area (TPSA) is 82.4 Å². The number of pyridine rings is 1. The van der Waals surface area contributed by atoms with Crippen LogP contribution < -0.4 is 0 Å². The van der Waals surface area contributed by atoms with E-state index in [4.69, 9.17) is 0 Å². The van der Waals surface area contributed by atoms with Gasteiger partial charge in [0.25, 0.3) is 0 Å². The van der Waals surface area contributed by atoms with Crippen molar-refractivity contribution in [2.75, 3.05) is 6.54 Å². The minimum Gasteiger partial charge on any atom is -0.506 e. The van der Waals surface area contributed by atoms with Crippen molar-refractivity contribution in [3.05, 3.63) is 46.3 Å². The summed E-state index contributed by atoms with van der Waals surface area (Å²) in [6.07, 6.45) is 4.39. The maximum absolute atomic E-state index is 10.2. The van der Waals surface area contributed by atoms with Crippen LogP contribution in [-0.2, 0) is 26.1 Å². The Balaban J connectivity index is 1.83. The first kappa shape index (κ1) is 14.9. The molecule has 0 spiro atoms. The number of aromatic hydroxyl groups is 1. The van der Waals surface area contributed by atoms with Crippen LogP contribution in [0.3, 0.4) is 0 Å². The van der Waals surface area contributed by atoms with E-state index in [0.29, 0.717) is 17.8 Å². The number of nitrogens with zero attached hydrogens (tertiary/aromatic N) is 4. The number of rotatable bonds is 3. The number of aliphatic hydroxyl groups is 1. The maximum atomic E-state index is 10.2. The summed E-state index contributed by atoms with van der Waals surface area (Å²) in [6.45, 7) is 5.75. The van der Waals surface area contributed by atoms with Crippen LogP contribution >= 0.6 is 0 Å². The predicted molar refractivity (Wildman–Crippen MR) is 81.1 cm³/mol. The second-order valence-electron chi connectivity index (χ2n) is 5.70. The van der Waals surface area contributed by atoms with Gasteiger partial charge in [0.2, 0.25) is 0 Å². The number of hydrogen-bond acceptors (Lipinski definition) is 6. The Labute approximate surface area is 129 Å². The largest absolute Gasteiger partial charge is 0.506 e. The SMILES string of the molecule is Cc1ncc2c(n1)CCN(Cc1c(CO)cnc(C)c1O)C2. The Kier molecular flexibility index (Phi) is 4.04. The van der Waals surface area contributed by atoms with E-state index >= 15 is 0 Å². The molecule has 3 rings (SSSR count). The lowest BCUT2D eigenvalue weighted by molar-refractivity contribution is 0.232. The van der Waals surface area contributed by atoms with Crippen LogP contribution in [0.15, 0.2) is 12.4 Å². The molecule has 22 heavy (non-hydrogen) atoms. The van der Waals surface area contributed by atoms with E-state index in [9.17, 15) is 10.2 Å². The lowest BCUT2D eigenvalue weighted by Gasteiger charge is -2.28. The third-order valence-corrected chi connectivity index (χ3v) is 4.12. The maximum Gasteiger partial charge on any atom is 0.141 e. The fourth-order valence-electron chi connectivity index (χ4n) is 2.83. The standard InChI is InChI=1S/C16H20N4O2/c1-10-16(22)14(13(9-21)6-17-10)8-20-4-3-15-12(7-20)5-18-11(2)19-15/h5-6,21-22H,3-4,7-9H2,1-2H3. The molecular formula is C16H20N4O2. The first-order valence-corrected chi connectivity index (χ1v) is 7.39. The lowest BCUT2D eigenvalue weighted by Crippen LogP contribution is -2.31. The average Bonchev–Trinajstić information content (AvgIpc) is 2.52. The fraction of sp³-hybridized carbons (Fsp3) is 0.438. The molecule has 2 aromatic heterocycles. The Bertz CT molecular complexity index is 703. The highest BCUT2D eigenvalue weighted by Gasteiger charge is 2.21. The van der Waals surface area contributed by atoms with E-state index in [0.717, 1.165) is 42.2 Å². The van der Waals surface area contributed by atoms with Crippen LogP contribution in [0.2, 0.25) is 0 Å². The summed E-state index contributed by atoms with van der Waals surface area (Å²) >= 11 is 0. The van der Waals surface area contributed by atoms with Crippen molar-refractivity contribution in [2.45, 2.75) is 40.0 Å². The first-order valence-electron chi connectivity index (χ1n) is 7.39. The van der Waals surface area contributed by atoms with E-state index in [1.54, 1.807) is 13.1 Å². The Morgan fingerprint density at radius 3 is 2.82 bits per heavy atom. The molecule has 6 nitrogen and oxygen atoms in total. The van der Waals surface area contributed by atoms with Crippen LogP contribution in [0.25, 0.3) is 0 Å². The van der Waals surface area contributed by atoms with E-state index in [-0.39, 0.29) is 12.4 Å². The highest BCUT2D eigenvalue weighted by molar-refractivity contribution is 5.40. The lowest BCUT2D eigenvalue weighted by atomic mass is 10.0. The number of hydrogen-bond donors (Lipinski definition) is 2. The molecule has 2 N–H and O–H groups in total. The highest BCUT2D eigenvalue weighted by atomic mass is 16.3. The quantitative estimate of drug-likeness (QED) is 0.887. The summed E-state index contributed by atoms with van der Waals surface area (Å²) in [5, 5.41) is 19.7. The van der Waals surface area contributed by atoms with Crippen LogP contribution in [0, 0.1) is 13.8 Å². The molecular weight excluding hydrogens is 280 g/mol. The van der Waals surface area contributed by atoms with Gasteiger partial charge in [-0.3, -0.25) is 9.88 Å². The zero-order chi connectivity index (χ0) is 15.7. The van der Waals surface area contributed by atoms with Gasteiger partial charge >= 0.3 is 0 Å². The monoisotopic (exact) mass is 300 g/mol. The molecule has 6 heteroatoms. The minimum atomic E-state index is -0.122. The molecule has 116 valence electrons. The van der Waals surface area contributed by atoms with Crippen molar-refractivity contribution >= 4 is 0 Å². The predicted octanol–water partition coefficient (Wildman–Crippen LogP) is 1.24. The highest BCUT2D eigenvalue weighted by Crippen LogP contribution is 2.27. The van der Waals surface area contributed by atoms with Gasteiger partial charge in [-0.25, -0.2) is 9.97 Å². The van der Waals surface area contributed by atoms with Crippen LogP contribution in [-0.4, -0.2) is 36.6 Å². The molecule has 0 aromatic carbocycles. The van der Waals surface area contributed by atoms with Crippen molar-refractivity contribution in [3.8, 4) is 5.75 Å². The fourth-order valence-corrected chi connectivity index (χ4v) is 2.83. The van der Waals surface area contributed by atoms with Crippen molar-refractivity contribution < 1.29 is 10.2 Å². The average molecular weight is 300 g/mol. The zero-order valence-electron chi connectivity index (χ0n) is 12.9. The smallest absolute Gasteiger partial charge is 0.141 e. The summed E-state index contributed by atoms with van der Waals surface area (Å²) in [4.78, 5) is 15.1. The van der Waals surface area contributed by atoms with Crippen molar-refractivity contribution in [1.29, 1.82) is 0 Å². The molecule has 0 fully saturated rings. The molecule has 0 unspecified atom stereocenters. The Morgan fingerprint density at radius 2 is 2.05 bits per heavy atom. The van der Waals surface area contributed by atoms with Gasteiger partial charge in [-0.15, -0.1) is 0 Å². The van der Waals surface area contributed by atoms with Crippen LogP contribution in [0.1, 0.15) is 33.9 Å². The third kappa shape index (κ3) is 2.80. The molecule has 3 heterocycles. The molecule has 0 saturated carbocycles. The summed E-state index contributed by atoms with van der Waals surface area (Å²) in [7, 11) is 0. The molecule has 0 aliphatic carbocycles. The summed E-state index contributed by atoms with van der Waals surface area (Å²) < 4.78 is 0. The van der Waals surface area contributed by atoms with E-state index < -0.39 is 0 Å². The van der Waals surface area contributed by atoms with Gasteiger partial charge in [0.05, 0.1) is 12.3 Å². The van der Waals surface area contributed by atoms with Crippen molar-refractivity contribution in [3.63, 3.8) is 0 Å². The Morgan fingerprint density at radius 1 is 1.23 bits per heavy atom. The van der Waals surface area contributed by atoms with Crippen LogP contribution in [0.4, 0.5) is 0 Å². The number of fused-ring (bicyclic) bond motifs is 1. The van der Waals surface area contributed by atoms with Gasteiger partial charge in [0, 0.05) is 60.8 Å². The second-order valence-corrected chi connectivity index (χ2v) is 5.70. The molecule has 0 atom stereocenters. The van der Waals surface area contributed by atoms with Gasteiger partial charge in [0.1, 0.15) is 11.6 Å². The van der Waals surface area contributed by atoms with Crippen molar-refractivity contribution in [2.24, 2.45) is 0 Å². The van der Waals surface area contributed by atoms with Gasteiger partial charge in [-0.2, -0.15) is 0 Å². The van der Waals surface area contributed by atoms with Gasteiger partial charge in [-0.1, -0.05) is 0 Å². The summed E-state index contributed by atoms with van der Waals surface area (Å²) in [6, 6.07) is 0. The molecule has 1 aliphatic rings. The molecule has 0 bridgehead atoms. The van der Waals surface area contributed by atoms with Crippen LogP contribution in [0.5, 0.6) is 5.75 Å². The second kappa shape index (κ2) is 5.98. The van der Waals surface area contributed by atoms with E-state index in [1.165, 1.54) is 0 Å². The molecule has 2 aromatic rings. The Hall–Kier alpha value is -2.05. The van der Waals surface area contributed by atoms with Gasteiger partial charge in [0.15, 0.2) is 0 Å². The van der Waals surface area contributed by atoms with Gasteiger partial charge < -0.3 is 10.2 Å². The number of aryl methyl sites for hydroxylation is 2. The normalized spacial score (nSPS) is 14.9. The third-order valence-electron chi connectivity index (χ3n) is 4.12. The number of aromatic nitrogens is 3. The molecule has 1 aliphatic heterocycles. The molecule has 0 radical (unpaired) electrons.